The molecular weight excluding hydrogens is 570 g/mol. The molecule has 0 aliphatic carbocycles. The summed E-state index contributed by atoms with van der Waals surface area (Å²) in [6.45, 7) is 3.55. The van der Waals surface area contributed by atoms with Crippen LogP contribution in [0.15, 0.2) is 78.9 Å². The molecule has 0 bridgehead atoms. The van der Waals surface area contributed by atoms with E-state index in [2.05, 4.69) is 17.4 Å². The molecule has 3 aromatic rings. The van der Waals surface area contributed by atoms with Crippen LogP contribution in [0.25, 0.3) is 0 Å². The summed E-state index contributed by atoms with van der Waals surface area (Å²) in [5.41, 5.74) is 2.38. The predicted molar refractivity (Wildman–Crippen MR) is 172 cm³/mol. The summed E-state index contributed by atoms with van der Waals surface area (Å²) in [5.74, 6) is 0.639. The lowest BCUT2D eigenvalue weighted by atomic mass is 9.69. The van der Waals surface area contributed by atoms with Crippen LogP contribution in [0.5, 0.6) is 11.5 Å². The maximum atomic E-state index is 14.0. The van der Waals surface area contributed by atoms with Crippen LogP contribution in [0, 0.1) is 5.92 Å². The lowest BCUT2D eigenvalue weighted by Gasteiger charge is -2.43. The zero-order valence-electron chi connectivity index (χ0n) is 26.1. The molecule has 2 aliphatic heterocycles. The molecule has 2 aliphatic rings. The van der Waals surface area contributed by atoms with Gasteiger partial charge in [-0.05, 0) is 50.3 Å². The van der Waals surface area contributed by atoms with E-state index in [-0.39, 0.29) is 31.3 Å². The number of likely N-dealkylation sites (tertiary alicyclic amines) is 1. The van der Waals surface area contributed by atoms with Gasteiger partial charge in [-0.3, -0.25) is 9.59 Å². The van der Waals surface area contributed by atoms with Gasteiger partial charge in [-0.15, -0.1) is 0 Å². The van der Waals surface area contributed by atoms with Crippen molar-refractivity contribution in [2.24, 2.45) is 5.92 Å². The van der Waals surface area contributed by atoms with E-state index in [1.165, 1.54) is 4.90 Å². The lowest BCUT2D eigenvalue weighted by Crippen LogP contribution is -2.57. The van der Waals surface area contributed by atoms with Gasteiger partial charge in [0.2, 0.25) is 11.8 Å². The van der Waals surface area contributed by atoms with Crippen LogP contribution in [0.2, 0.25) is 0 Å². The first-order valence-electron chi connectivity index (χ1n) is 15.8. The van der Waals surface area contributed by atoms with Gasteiger partial charge in [-0.2, -0.15) is 0 Å². The van der Waals surface area contributed by atoms with Crippen LogP contribution >= 0.6 is 0 Å². The van der Waals surface area contributed by atoms with E-state index in [0.29, 0.717) is 26.1 Å². The highest BCUT2D eigenvalue weighted by atomic mass is 16.5. The predicted octanol–water partition coefficient (Wildman–Crippen LogP) is 5.47. The molecule has 5 rings (SSSR count). The van der Waals surface area contributed by atoms with Crippen LogP contribution in [0.3, 0.4) is 0 Å². The smallest absolute Gasteiger partial charge is 0.407 e. The molecular formula is C36H43N3O6. The molecule has 1 fully saturated rings. The monoisotopic (exact) mass is 613 g/mol. The number of hydrogen-bond acceptors (Lipinski definition) is 5. The fourth-order valence-electron chi connectivity index (χ4n) is 6.92. The quantitative estimate of drug-likeness (QED) is 0.262. The normalized spacial score (nSPS) is 18.2. The fourth-order valence-corrected chi connectivity index (χ4v) is 6.92. The highest BCUT2D eigenvalue weighted by molar-refractivity contribution is 5.82. The number of nitrogens with zero attached hydrogens (tertiary/aromatic N) is 2. The van der Waals surface area contributed by atoms with Crippen molar-refractivity contribution in [1.82, 2.24) is 15.1 Å². The molecule has 3 aromatic carbocycles. The van der Waals surface area contributed by atoms with Crippen LogP contribution in [0.1, 0.15) is 49.3 Å². The van der Waals surface area contributed by atoms with Crippen molar-refractivity contribution in [3.63, 3.8) is 0 Å². The van der Waals surface area contributed by atoms with Crippen LogP contribution in [-0.2, 0) is 26.2 Å². The van der Waals surface area contributed by atoms with Crippen molar-refractivity contribution in [3.8, 4) is 11.5 Å². The minimum atomic E-state index is -1.09. The summed E-state index contributed by atoms with van der Waals surface area (Å²) in [6.07, 6.45) is 2.03. The van der Waals surface area contributed by atoms with Gasteiger partial charge in [-0.25, -0.2) is 4.79 Å². The molecule has 0 spiro atoms. The standard InChI is InChI=1S/C36H43N3O6/c1-3-39(33(40)21-26-13-5-4-6-14-26)28-22-27(23-38(24-28)35(42)43)34(41)37-25-36(19-11-12-20-44-2)29-15-7-9-17-31(29)45-32-18-10-8-16-30(32)36/h4-10,13-18,27-28H,3,11-12,19-25H2,1-2H3,(H,37,41)(H,42,43)/t27-,28+/m0/s1. The molecule has 0 aromatic heterocycles. The highest BCUT2D eigenvalue weighted by Gasteiger charge is 2.43. The van der Waals surface area contributed by atoms with E-state index in [1.807, 2.05) is 73.7 Å². The summed E-state index contributed by atoms with van der Waals surface area (Å²) in [7, 11) is 1.70. The van der Waals surface area contributed by atoms with Crippen LogP contribution < -0.4 is 10.1 Å². The topological polar surface area (TPSA) is 108 Å². The number of fused-ring (bicyclic) bond motifs is 2. The molecule has 2 heterocycles. The van der Waals surface area contributed by atoms with Gasteiger partial charge in [-0.1, -0.05) is 66.7 Å². The summed E-state index contributed by atoms with van der Waals surface area (Å²) in [5, 5.41) is 13.2. The maximum absolute atomic E-state index is 14.0. The first-order valence-corrected chi connectivity index (χ1v) is 15.8. The molecule has 238 valence electrons. The van der Waals surface area contributed by atoms with Gasteiger partial charge >= 0.3 is 6.09 Å². The Morgan fingerprint density at radius 1 is 0.956 bits per heavy atom. The van der Waals surface area contributed by atoms with Gasteiger partial charge in [0.25, 0.3) is 0 Å². The summed E-state index contributed by atoms with van der Waals surface area (Å²) >= 11 is 0. The largest absolute Gasteiger partial charge is 0.465 e. The van der Waals surface area contributed by atoms with Gasteiger partial charge < -0.3 is 29.7 Å². The third-order valence-corrected chi connectivity index (χ3v) is 9.16. The van der Waals surface area contributed by atoms with Crippen molar-refractivity contribution in [3.05, 3.63) is 95.6 Å². The number of likely N-dealkylation sites (N-methyl/N-ethyl adjacent to an activating group) is 1. The molecule has 0 unspecified atom stereocenters. The number of carbonyl (C=O) groups excluding carboxylic acids is 2. The third-order valence-electron chi connectivity index (χ3n) is 9.16. The van der Waals surface area contributed by atoms with Gasteiger partial charge in [0.05, 0.1) is 18.4 Å². The molecule has 9 heteroatoms. The van der Waals surface area contributed by atoms with Crippen molar-refractivity contribution < 1.29 is 29.0 Å². The average molecular weight is 614 g/mol. The van der Waals surface area contributed by atoms with Crippen molar-refractivity contribution in [2.45, 2.75) is 50.5 Å². The Balaban J connectivity index is 1.38. The fraction of sp³-hybridized carbons (Fsp3) is 0.417. The zero-order chi connectivity index (χ0) is 31.8. The first kappa shape index (κ1) is 32.0. The number of hydrogen-bond donors (Lipinski definition) is 2. The number of benzene rings is 3. The number of rotatable bonds is 12. The van der Waals surface area contributed by atoms with E-state index < -0.39 is 23.5 Å². The molecule has 9 nitrogen and oxygen atoms in total. The van der Waals surface area contributed by atoms with Crippen LogP contribution in [0.4, 0.5) is 4.79 Å². The van der Waals surface area contributed by atoms with Gasteiger partial charge in [0, 0.05) is 56.4 Å². The number of para-hydroxylation sites is 2. The Bertz CT molecular complexity index is 1430. The SMILES string of the molecule is CCN(C(=O)Cc1ccccc1)[C@@H]1C[C@H](C(=O)NCC2(CCCCOC)c3ccccc3Oc3ccccc32)CN(C(=O)O)C1. The first-order chi connectivity index (χ1) is 21.9. The Morgan fingerprint density at radius 2 is 1.60 bits per heavy atom. The van der Waals surface area contributed by atoms with E-state index in [9.17, 15) is 19.5 Å². The Kier molecular flexibility index (Phi) is 10.4. The number of unbranched alkanes of at least 4 members (excludes halogenated alkanes) is 1. The molecule has 2 N–H and O–H groups in total. The maximum Gasteiger partial charge on any atom is 0.407 e. The number of amides is 3. The van der Waals surface area contributed by atoms with E-state index in [0.717, 1.165) is 47.5 Å². The second-order valence-corrected chi connectivity index (χ2v) is 12.0. The Labute approximate surface area is 265 Å². The minimum Gasteiger partial charge on any atom is -0.465 e. The Morgan fingerprint density at radius 3 is 2.22 bits per heavy atom. The van der Waals surface area contributed by atoms with Gasteiger partial charge in [0.1, 0.15) is 11.5 Å². The molecule has 2 atom stereocenters. The van der Waals surface area contributed by atoms with Crippen molar-refractivity contribution >= 4 is 17.9 Å². The van der Waals surface area contributed by atoms with E-state index in [1.54, 1.807) is 12.0 Å². The number of piperidine rings is 1. The highest BCUT2D eigenvalue weighted by Crippen LogP contribution is 2.50. The molecule has 45 heavy (non-hydrogen) atoms. The molecule has 1 saturated heterocycles. The average Bonchev–Trinajstić information content (AvgIpc) is 3.06. The molecule has 3 amide bonds. The summed E-state index contributed by atoms with van der Waals surface area (Å²) in [6, 6.07) is 25.0. The minimum absolute atomic E-state index is 0.0782. The summed E-state index contributed by atoms with van der Waals surface area (Å²) in [4.78, 5) is 42.6. The lowest BCUT2D eigenvalue weighted by molar-refractivity contribution is -0.136. The second-order valence-electron chi connectivity index (χ2n) is 12.0. The molecule has 0 radical (unpaired) electrons. The van der Waals surface area contributed by atoms with E-state index >= 15 is 0 Å². The Hall–Kier alpha value is -4.37. The number of nitrogens with one attached hydrogen (secondary N) is 1. The summed E-state index contributed by atoms with van der Waals surface area (Å²) < 4.78 is 11.6. The molecule has 0 saturated carbocycles. The number of ether oxygens (including phenoxy) is 2. The number of carboxylic acid groups (broad SMARTS) is 1. The second kappa shape index (κ2) is 14.6. The van der Waals surface area contributed by atoms with Crippen molar-refractivity contribution in [1.29, 1.82) is 0 Å². The van der Waals surface area contributed by atoms with Crippen LogP contribution in [-0.4, -0.2) is 78.8 Å². The number of methoxy groups -OCH3 is 1. The zero-order valence-corrected chi connectivity index (χ0v) is 26.1. The number of carbonyl (C=O) groups is 3. The van der Waals surface area contributed by atoms with E-state index in [4.69, 9.17) is 9.47 Å². The van der Waals surface area contributed by atoms with Gasteiger partial charge in [0.15, 0.2) is 0 Å². The third kappa shape index (κ3) is 7.14. The van der Waals surface area contributed by atoms with Crippen molar-refractivity contribution in [2.75, 3.05) is 39.9 Å².